The van der Waals surface area contributed by atoms with E-state index in [0.29, 0.717) is 17.0 Å². The summed E-state index contributed by atoms with van der Waals surface area (Å²) in [5.74, 6) is 0.200. The molecule has 0 radical (unpaired) electrons. The van der Waals surface area contributed by atoms with E-state index in [0.717, 1.165) is 22.0 Å². The molecule has 0 atom stereocenters. The third-order valence-corrected chi connectivity index (χ3v) is 4.92. The molecule has 0 aliphatic heterocycles. The molecule has 31 heavy (non-hydrogen) atoms. The van der Waals surface area contributed by atoms with Crippen molar-refractivity contribution < 1.29 is 14.3 Å². The summed E-state index contributed by atoms with van der Waals surface area (Å²) >= 11 is 0. The number of anilines is 2. The van der Waals surface area contributed by atoms with Gasteiger partial charge in [-0.1, -0.05) is 54.6 Å². The Morgan fingerprint density at radius 2 is 1.48 bits per heavy atom. The van der Waals surface area contributed by atoms with E-state index in [1.54, 1.807) is 24.3 Å². The highest BCUT2D eigenvalue weighted by molar-refractivity contribution is 6.09. The van der Waals surface area contributed by atoms with Crippen LogP contribution < -0.4 is 15.4 Å². The molecular weight excluding hydrogens is 388 g/mol. The molecule has 0 fully saturated rings. The van der Waals surface area contributed by atoms with Gasteiger partial charge in [0.1, 0.15) is 5.75 Å². The zero-order chi connectivity index (χ0) is 21.6. The van der Waals surface area contributed by atoms with E-state index in [1.807, 2.05) is 73.7 Å². The van der Waals surface area contributed by atoms with E-state index in [9.17, 15) is 9.59 Å². The number of amides is 2. The molecule has 154 valence electrons. The summed E-state index contributed by atoms with van der Waals surface area (Å²) in [6, 6.07) is 28.0. The van der Waals surface area contributed by atoms with Gasteiger partial charge in [0.15, 0.2) is 6.61 Å². The first kappa shape index (κ1) is 20.2. The van der Waals surface area contributed by atoms with Crippen LogP contribution in [0.25, 0.3) is 10.8 Å². The fourth-order valence-corrected chi connectivity index (χ4v) is 3.29. The van der Waals surface area contributed by atoms with Gasteiger partial charge in [-0.15, -0.1) is 0 Å². The molecule has 2 amide bonds. The second kappa shape index (κ2) is 9.13. The van der Waals surface area contributed by atoms with Crippen molar-refractivity contribution in [3.05, 3.63) is 102 Å². The predicted molar refractivity (Wildman–Crippen MR) is 124 cm³/mol. The van der Waals surface area contributed by atoms with Crippen molar-refractivity contribution in [2.75, 3.05) is 17.2 Å². The highest BCUT2D eigenvalue weighted by Gasteiger charge is 2.10. The Bertz CT molecular complexity index is 1230. The number of ether oxygens (including phenoxy) is 1. The van der Waals surface area contributed by atoms with Crippen molar-refractivity contribution in [2.45, 2.75) is 6.92 Å². The number of carbonyl (C=O) groups is 2. The molecule has 0 saturated heterocycles. The maximum absolute atomic E-state index is 12.7. The largest absolute Gasteiger partial charge is 0.483 e. The zero-order valence-corrected chi connectivity index (χ0v) is 17.1. The summed E-state index contributed by atoms with van der Waals surface area (Å²) < 4.78 is 5.56. The topological polar surface area (TPSA) is 67.4 Å². The van der Waals surface area contributed by atoms with Crippen LogP contribution in [-0.4, -0.2) is 18.4 Å². The minimum atomic E-state index is -0.267. The Hall–Kier alpha value is -4.12. The van der Waals surface area contributed by atoms with Crippen molar-refractivity contribution in [3.63, 3.8) is 0 Å². The van der Waals surface area contributed by atoms with Gasteiger partial charge >= 0.3 is 0 Å². The molecule has 0 bridgehead atoms. The average Bonchev–Trinajstić information content (AvgIpc) is 2.79. The van der Waals surface area contributed by atoms with E-state index in [1.165, 1.54) is 0 Å². The number of hydrogen-bond donors (Lipinski definition) is 2. The summed E-state index contributed by atoms with van der Waals surface area (Å²) in [6.45, 7) is 1.84. The quantitative estimate of drug-likeness (QED) is 0.446. The highest BCUT2D eigenvalue weighted by atomic mass is 16.5. The van der Waals surface area contributed by atoms with Gasteiger partial charge in [0, 0.05) is 22.3 Å². The van der Waals surface area contributed by atoms with Gasteiger partial charge in [0.25, 0.3) is 11.8 Å². The number of carbonyl (C=O) groups excluding carboxylic acids is 2. The van der Waals surface area contributed by atoms with E-state index in [-0.39, 0.29) is 18.4 Å². The lowest BCUT2D eigenvalue weighted by molar-refractivity contribution is -0.118. The number of benzene rings is 4. The van der Waals surface area contributed by atoms with Crippen LogP contribution in [-0.2, 0) is 4.79 Å². The van der Waals surface area contributed by atoms with Crippen LogP contribution in [0.15, 0.2) is 91.0 Å². The van der Waals surface area contributed by atoms with Crippen LogP contribution in [0.4, 0.5) is 11.4 Å². The highest BCUT2D eigenvalue weighted by Crippen LogP contribution is 2.23. The maximum Gasteiger partial charge on any atom is 0.262 e. The van der Waals surface area contributed by atoms with Crippen LogP contribution in [0.5, 0.6) is 5.75 Å². The normalized spacial score (nSPS) is 10.5. The Morgan fingerprint density at radius 3 is 2.29 bits per heavy atom. The van der Waals surface area contributed by atoms with E-state index in [4.69, 9.17) is 4.74 Å². The van der Waals surface area contributed by atoms with Crippen LogP contribution in [0.1, 0.15) is 15.9 Å². The molecule has 4 rings (SSSR count). The minimum Gasteiger partial charge on any atom is -0.483 e. The molecule has 4 aromatic rings. The van der Waals surface area contributed by atoms with Crippen LogP contribution in [0, 0.1) is 6.92 Å². The predicted octanol–water partition coefficient (Wildman–Crippen LogP) is 5.42. The van der Waals surface area contributed by atoms with Crippen molar-refractivity contribution in [3.8, 4) is 5.75 Å². The summed E-state index contributed by atoms with van der Waals surface area (Å²) in [5, 5.41) is 7.78. The number of para-hydroxylation sites is 1. The van der Waals surface area contributed by atoms with Crippen LogP contribution in [0.2, 0.25) is 0 Å². The van der Waals surface area contributed by atoms with Gasteiger partial charge < -0.3 is 15.4 Å². The summed E-state index contributed by atoms with van der Waals surface area (Å²) in [5.41, 5.74) is 2.83. The number of fused-ring (bicyclic) bond motifs is 1. The molecule has 0 unspecified atom stereocenters. The molecule has 0 saturated carbocycles. The Labute approximate surface area is 180 Å². The van der Waals surface area contributed by atoms with E-state index < -0.39 is 0 Å². The van der Waals surface area contributed by atoms with Crippen LogP contribution >= 0.6 is 0 Å². The van der Waals surface area contributed by atoms with Crippen molar-refractivity contribution in [2.24, 2.45) is 0 Å². The van der Waals surface area contributed by atoms with Gasteiger partial charge in [-0.2, -0.15) is 0 Å². The smallest absolute Gasteiger partial charge is 0.262 e. The van der Waals surface area contributed by atoms with E-state index in [2.05, 4.69) is 10.6 Å². The molecule has 0 aliphatic rings. The lowest BCUT2D eigenvalue weighted by Gasteiger charge is -2.11. The third kappa shape index (κ3) is 4.90. The summed E-state index contributed by atoms with van der Waals surface area (Å²) in [7, 11) is 0. The van der Waals surface area contributed by atoms with E-state index >= 15 is 0 Å². The molecule has 4 aromatic carbocycles. The number of aryl methyl sites for hydroxylation is 1. The van der Waals surface area contributed by atoms with Gasteiger partial charge in [-0.05, 0) is 54.3 Å². The average molecular weight is 410 g/mol. The molecule has 0 aliphatic carbocycles. The lowest BCUT2D eigenvalue weighted by Crippen LogP contribution is -2.20. The maximum atomic E-state index is 12.7. The van der Waals surface area contributed by atoms with Gasteiger partial charge in [-0.25, -0.2) is 0 Å². The first-order valence-electron chi connectivity index (χ1n) is 9.97. The summed E-state index contributed by atoms with van der Waals surface area (Å²) in [6.07, 6.45) is 0. The van der Waals surface area contributed by atoms with Crippen molar-refractivity contribution >= 4 is 34.0 Å². The first-order chi connectivity index (χ1) is 15.1. The van der Waals surface area contributed by atoms with Crippen molar-refractivity contribution in [1.29, 1.82) is 0 Å². The molecular formula is C26H22N2O3. The van der Waals surface area contributed by atoms with Gasteiger partial charge in [0.2, 0.25) is 0 Å². The van der Waals surface area contributed by atoms with Gasteiger partial charge in [-0.3, -0.25) is 9.59 Å². The van der Waals surface area contributed by atoms with Gasteiger partial charge in [0.05, 0.1) is 0 Å². The Kier molecular flexibility index (Phi) is 5.94. The molecule has 0 heterocycles. The molecule has 0 aromatic heterocycles. The number of nitrogens with one attached hydrogen (secondary N) is 2. The number of hydrogen-bond acceptors (Lipinski definition) is 3. The SMILES string of the molecule is Cc1ccccc1OCC(=O)Nc1ccc(C(=O)Nc2cccc3ccccc23)cc1. The lowest BCUT2D eigenvalue weighted by atomic mass is 10.1. The molecule has 5 heteroatoms. The molecule has 0 spiro atoms. The fourth-order valence-electron chi connectivity index (χ4n) is 3.29. The Morgan fingerprint density at radius 1 is 0.774 bits per heavy atom. The Balaban J connectivity index is 1.37. The molecule has 2 N–H and O–H groups in total. The van der Waals surface area contributed by atoms with Crippen molar-refractivity contribution in [1.82, 2.24) is 0 Å². The monoisotopic (exact) mass is 410 g/mol. The first-order valence-corrected chi connectivity index (χ1v) is 9.97. The summed E-state index contributed by atoms with van der Waals surface area (Å²) in [4.78, 5) is 24.8. The number of rotatable bonds is 6. The minimum absolute atomic E-state index is 0.0891. The second-order valence-corrected chi connectivity index (χ2v) is 7.16. The van der Waals surface area contributed by atoms with Crippen LogP contribution in [0.3, 0.4) is 0 Å². The third-order valence-electron chi connectivity index (χ3n) is 4.92. The molecule has 5 nitrogen and oxygen atoms in total. The second-order valence-electron chi connectivity index (χ2n) is 7.16. The standard InChI is InChI=1S/C26H22N2O3/c1-18-7-2-5-12-24(18)31-17-25(29)27-21-15-13-20(14-16-21)26(30)28-23-11-6-9-19-8-3-4-10-22(19)23/h2-16H,17H2,1H3,(H,27,29)(H,28,30). The fraction of sp³-hybridized carbons (Fsp3) is 0.0769. The zero-order valence-electron chi connectivity index (χ0n) is 17.1.